The lowest BCUT2D eigenvalue weighted by molar-refractivity contribution is 0.633. The number of hydrogen-bond donors (Lipinski definition) is 0. The van der Waals surface area contributed by atoms with Crippen LogP contribution in [0.3, 0.4) is 0 Å². The Morgan fingerprint density at radius 1 is 1.24 bits per heavy atom. The SMILES string of the molecule is Cc1ccc2c(c1)nc(CCCl)n2C(C)c1ccc(C)s1. The van der Waals surface area contributed by atoms with E-state index in [2.05, 4.69) is 55.7 Å². The summed E-state index contributed by atoms with van der Waals surface area (Å²) in [5.74, 6) is 1.67. The van der Waals surface area contributed by atoms with Crippen LogP contribution in [0, 0.1) is 13.8 Å². The van der Waals surface area contributed by atoms with E-state index in [4.69, 9.17) is 16.6 Å². The Hall–Kier alpha value is -1.32. The first-order valence-corrected chi connectivity index (χ1v) is 8.55. The summed E-state index contributed by atoms with van der Waals surface area (Å²) in [4.78, 5) is 7.51. The molecule has 0 aliphatic heterocycles. The van der Waals surface area contributed by atoms with Gasteiger partial charge in [-0.25, -0.2) is 4.98 Å². The number of fused-ring (bicyclic) bond motifs is 1. The lowest BCUT2D eigenvalue weighted by Gasteiger charge is -2.16. The summed E-state index contributed by atoms with van der Waals surface area (Å²) in [6, 6.07) is 11.2. The number of nitrogens with zero attached hydrogens (tertiary/aromatic N) is 2. The molecular weight excluding hydrogens is 300 g/mol. The largest absolute Gasteiger partial charge is 0.320 e. The molecule has 0 radical (unpaired) electrons. The van der Waals surface area contributed by atoms with Crippen molar-refractivity contribution in [1.82, 2.24) is 9.55 Å². The van der Waals surface area contributed by atoms with Gasteiger partial charge in [0.15, 0.2) is 0 Å². The third kappa shape index (κ3) is 2.72. The molecule has 0 aliphatic rings. The van der Waals surface area contributed by atoms with Crippen LogP contribution in [0.2, 0.25) is 0 Å². The number of aromatic nitrogens is 2. The van der Waals surface area contributed by atoms with Gasteiger partial charge in [0, 0.05) is 22.1 Å². The maximum atomic E-state index is 5.97. The molecule has 2 heterocycles. The van der Waals surface area contributed by atoms with Crippen molar-refractivity contribution in [2.24, 2.45) is 0 Å². The smallest absolute Gasteiger partial charge is 0.111 e. The maximum absolute atomic E-state index is 5.97. The van der Waals surface area contributed by atoms with Crippen LogP contribution < -0.4 is 0 Å². The molecule has 0 spiro atoms. The van der Waals surface area contributed by atoms with Crippen molar-refractivity contribution in [3.63, 3.8) is 0 Å². The zero-order valence-corrected chi connectivity index (χ0v) is 14.1. The highest BCUT2D eigenvalue weighted by Crippen LogP contribution is 2.30. The third-order valence-corrected chi connectivity index (χ3v) is 5.16. The van der Waals surface area contributed by atoms with Crippen LogP contribution in [0.1, 0.15) is 34.1 Å². The van der Waals surface area contributed by atoms with Crippen molar-refractivity contribution >= 4 is 34.0 Å². The maximum Gasteiger partial charge on any atom is 0.111 e. The minimum absolute atomic E-state index is 0.287. The molecule has 0 amide bonds. The van der Waals surface area contributed by atoms with E-state index < -0.39 is 0 Å². The number of halogens is 1. The monoisotopic (exact) mass is 318 g/mol. The van der Waals surface area contributed by atoms with Gasteiger partial charge in [0.25, 0.3) is 0 Å². The normalized spacial score (nSPS) is 13.0. The van der Waals surface area contributed by atoms with E-state index in [1.807, 2.05) is 11.3 Å². The molecule has 2 aromatic heterocycles. The molecule has 21 heavy (non-hydrogen) atoms. The van der Waals surface area contributed by atoms with Crippen LogP contribution in [0.25, 0.3) is 11.0 Å². The second-order valence-electron chi connectivity index (χ2n) is 5.45. The predicted octanol–water partition coefficient (Wildman–Crippen LogP) is 5.11. The number of thiophene rings is 1. The summed E-state index contributed by atoms with van der Waals surface area (Å²) in [6.07, 6.45) is 0.796. The molecular formula is C17H19ClN2S. The van der Waals surface area contributed by atoms with Gasteiger partial charge in [0.05, 0.1) is 17.1 Å². The Balaban J connectivity index is 2.16. The molecule has 3 rings (SSSR count). The minimum atomic E-state index is 0.287. The summed E-state index contributed by atoms with van der Waals surface area (Å²) in [7, 11) is 0. The minimum Gasteiger partial charge on any atom is -0.320 e. The van der Waals surface area contributed by atoms with E-state index in [1.54, 1.807) is 0 Å². The zero-order chi connectivity index (χ0) is 15.0. The molecule has 0 aliphatic carbocycles. The Bertz CT molecular complexity index is 772. The number of rotatable bonds is 4. The zero-order valence-electron chi connectivity index (χ0n) is 12.6. The van der Waals surface area contributed by atoms with Gasteiger partial charge in [0.2, 0.25) is 0 Å². The summed E-state index contributed by atoms with van der Waals surface area (Å²) in [5, 5.41) is 0. The summed E-state index contributed by atoms with van der Waals surface area (Å²) in [6.45, 7) is 6.49. The van der Waals surface area contributed by atoms with E-state index in [9.17, 15) is 0 Å². The van der Waals surface area contributed by atoms with Crippen molar-refractivity contribution in [1.29, 1.82) is 0 Å². The fourth-order valence-electron chi connectivity index (χ4n) is 2.76. The van der Waals surface area contributed by atoms with E-state index in [1.165, 1.54) is 20.8 Å². The fraction of sp³-hybridized carbons (Fsp3) is 0.353. The van der Waals surface area contributed by atoms with Gasteiger partial charge in [-0.05, 0) is 50.6 Å². The molecule has 0 bridgehead atoms. The van der Waals surface area contributed by atoms with Crippen LogP contribution in [0.4, 0.5) is 0 Å². The lowest BCUT2D eigenvalue weighted by atomic mass is 10.2. The molecule has 1 atom stereocenters. The van der Waals surface area contributed by atoms with Crippen LogP contribution in [0.5, 0.6) is 0 Å². The Labute approximate surface area is 134 Å². The van der Waals surface area contributed by atoms with Gasteiger partial charge in [-0.15, -0.1) is 22.9 Å². The summed E-state index contributed by atoms with van der Waals surface area (Å²) in [5.41, 5.74) is 3.50. The van der Waals surface area contributed by atoms with Gasteiger partial charge >= 0.3 is 0 Å². The molecule has 110 valence electrons. The van der Waals surface area contributed by atoms with Crippen molar-refractivity contribution in [2.75, 3.05) is 5.88 Å². The molecule has 0 N–H and O–H groups in total. The Morgan fingerprint density at radius 2 is 2.05 bits per heavy atom. The average Bonchev–Trinajstić information content (AvgIpc) is 3.01. The van der Waals surface area contributed by atoms with E-state index in [-0.39, 0.29) is 6.04 Å². The second-order valence-corrected chi connectivity index (χ2v) is 7.15. The molecule has 4 heteroatoms. The van der Waals surface area contributed by atoms with Gasteiger partial charge in [-0.1, -0.05) is 6.07 Å². The van der Waals surface area contributed by atoms with Crippen LogP contribution >= 0.6 is 22.9 Å². The van der Waals surface area contributed by atoms with Crippen LogP contribution in [-0.4, -0.2) is 15.4 Å². The molecule has 1 aromatic carbocycles. The Kier molecular flexibility index (Phi) is 4.05. The predicted molar refractivity (Wildman–Crippen MR) is 91.8 cm³/mol. The molecule has 0 fully saturated rings. The summed E-state index contributed by atoms with van der Waals surface area (Å²) < 4.78 is 2.34. The van der Waals surface area contributed by atoms with Crippen molar-refractivity contribution < 1.29 is 0 Å². The molecule has 3 aromatic rings. The van der Waals surface area contributed by atoms with E-state index in [0.717, 1.165) is 17.8 Å². The van der Waals surface area contributed by atoms with Crippen molar-refractivity contribution in [3.05, 3.63) is 51.5 Å². The van der Waals surface area contributed by atoms with Gasteiger partial charge in [-0.3, -0.25) is 0 Å². The summed E-state index contributed by atoms with van der Waals surface area (Å²) >= 11 is 7.82. The number of hydrogen-bond acceptors (Lipinski definition) is 2. The third-order valence-electron chi connectivity index (χ3n) is 3.80. The standard InChI is InChI=1S/C17H19ClN2S/c1-11-4-6-15-14(10-11)19-17(8-9-18)20(15)13(3)16-7-5-12(2)21-16/h4-7,10,13H,8-9H2,1-3H3. The fourth-order valence-corrected chi connectivity index (χ4v) is 3.85. The highest BCUT2D eigenvalue weighted by molar-refractivity contribution is 7.12. The number of alkyl halides is 1. The molecule has 2 nitrogen and oxygen atoms in total. The van der Waals surface area contributed by atoms with Crippen LogP contribution in [-0.2, 0) is 6.42 Å². The number of imidazole rings is 1. The quantitative estimate of drug-likeness (QED) is 0.611. The van der Waals surface area contributed by atoms with E-state index >= 15 is 0 Å². The highest BCUT2D eigenvalue weighted by atomic mass is 35.5. The topological polar surface area (TPSA) is 17.8 Å². The number of aryl methyl sites for hydroxylation is 3. The average molecular weight is 319 g/mol. The molecule has 0 saturated heterocycles. The molecule has 1 unspecified atom stereocenters. The number of benzene rings is 1. The first kappa shape index (κ1) is 14.6. The van der Waals surface area contributed by atoms with Gasteiger partial charge in [-0.2, -0.15) is 0 Å². The highest BCUT2D eigenvalue weighted by Gasteiger charge is 2.18. The van der Waals surface area contributed by atoms with Crippen molar-refractivity contribution in [2.45, 2.75) is 33.2 Å². The molecule has 0 saturated carbocycles. The second kappa shape index (κ2) is 5.82. The first-order valence-electron chi connectivity index (χ1n) is 7.20. The lowest BCUT2D eigenvalue weighted by Crippen LogP contribution is -2.10. The Morgan fingerprint density at radius 3 is 2.71 bits per heavy atom. The van der Waals surface area contributed by atoms with Crippen molar-refractivity contribution in [3.8, 4) is 0 Å². The first-order chi connectivity index (χ1) is 10.1. The van der Waals surface area contributed by atoms with Crippen LogP contribution in [0.15, 0.2) is 30.3 Å². The van der Waals surface area contributed by atoms with Gasteiger partial charge in [0.1, 0.15) is 5.82 Å². The van der Waals surface area contributed by atoms with Gasteiger partial charge < -0.3 is 4.57 Å². The van der Waals surface area contributed by atoms with E-state index in [0.29, 0.717) is 5.88 Å².